The summed E-state index contributed by atoms with van der Waals surface area (Å²) in [6.45, 7) is 4.21. The van der Waals surface area contributed by atoms with Gasteiger partial charge in [0, 0.05) is 41.9 Å². The van der Waals surface area contributed by atoms with Gasteiger partial charge in [-0.25, -0.2) is 15.0 Å². The maximum absolute atomic E-state index is 11.9. The monoisotopic (exact) mass is 638 g/mol. The number of rotatable bonds is 7. The van der Waals surface area contributed by atoms with Gasteiger partial charge in [0.2, 0.25) is 5.88 Å². The van der Waals surface area contributed by atoms with Gasteiger partial charge in [-0.1, -0.05) is 24.3 Å². The van der Waals surface area contributed by atoms with Crippen molar-refractivity contribution in [2.45, 2.75) is 45.9 Å². The quantitative estimate of drug-likeness (QED) is 0.181. The molecular weight excluding hydrogens is 604 g/mol. The standard InChI is InChI=1S/C38H34N6O4/c1-3-43-24-40-20-31(43)21-44-33-15-26(22-45)16-35(46-2)38(33)42-36(44)18-29-12-11-28-17-34(29)47-13-5-6-27-14-25(19-39)9-10-30(27)23-48-37-8-4-7-32(28)41-37/h4,7-12,14-17,20,22,24H,3,5-6,13,18,21,23H2,1-2H3. The molecule has 0 saturated carbocycles. The number of ether oxygens (including phenoxy) is 3. The first kappa shape index (κ1) is 30.7. The van der Waals surface area contributed by atoms with Crippen molar-refractivity contribution in [3.63, 3.8) is 0 Å². The van der Waals surface area contributed by atoms with Crippen LogP contribution in [0.2, 0.25) is 0 Å². The van der Waals surface area contributed by atoms with Crippen LogP contribution in [-0.4, -0.2) is 44.1 Å². The molecule has 1 aliphatic rings. The summed E-state index contributed by atoms with van der Waals surface area (Å²) in [7, 11) is 1.59. The van der Waals surface area contributed by atoms with Gasteiger partial charge in [-0.2, -0.15) is 5.26 Å². The predicted molar refractivity (Wildman–Crippen MR) is 180 cm³/mol. The fourth-order valence-electron chi connectivity index (χ4n) is 6.21. The fraction of sp³-hybridized carbons (Fsp3) is 0.237. The molecule has 240 valence electrons. The third kappa shape index (κ3) is 6.10. The molecule has 0 fully saturated rings. The van der Waals surface area contributed by atoms with E-state index in [1.165, 1.54) is 0 Å². The smallest absolute Gasteiger partial charge is 0.214 e. The van der Waals surface area contributed by atoms with Gasteiger partial charge in [-0.05, 0) is 67.3 Å². The van der Waals surface area contributed by atoms with Crippen molar-refractivity contribution < 1.29 is 19.0 Å². The number of fused-ring (bicyclic) bond motifs is 7. The molecule has 0 amide bonds. The van der Waals surface area contributed by atoms with E-state index in [2.05, 4.69) is 33.2 Å². The van der Waals surface area contributed by atoms with Crippen molar-refractivity contribution in [1.29, 1.82) is 5.26 Å². The molecule has 0 unspecified atom stereocenters. The molecule has 4 bridgehead atoms. The first-order valence-electron chi connectivity index (χ1n) is 16.0. The van der Waals surface area contributed by atoms with Gasteiger partial charge in [0.25, 0.3) is 0 Å². The Morgan fingerprint density at radius 3 is 2.79 bits per heavy atom. The molecule has 7 rings (SSSR count). The molecular formula is C38H34N6O4. The molecule has 0 atom stereocenters. The highest BCUT2D eigenvalue weighted by Crippen LogP contribution is 2.33. The molecule has 3 aromatic carbocycles. The van der Waals surface area contributed by atoms with Crippen molar-refractivity contribution >= 4 is 17.3 Å². The normalized spacial score (nSPS) is 12.7. The Morgan fingerprint density at radius 1 is 1.04 bits per heavy atom. The molecule has 0 spiro atoms. The lowest BCUT2D eigenvalue weighted by molar-refractivity contribution is 0.112. The van der Waals surface area contributed by atoms with Crippen molar-refractivity contribution in [3.8, 4) is 34.7 Å². The van der Waals surface area contributed by atoms with Crippen LogP contribution in [0.15, 0.2) is 79.3 Å². The Hall–Kier alpha value is -5.95. The maximum Gasteiger partial charge on any atom is 0.214 e. The van der Waals surface area contributed by atoms with Gasteiger partial charge in [-0.15, -0.1) is 0 Å². The third-order valence-corrected chi connectivity index (χ3v) is 8.73. The molecule has 10 nitrogen and oxygen atoms in total. The van der Waals surface area contributed by atoms with Crippen molar-refractivity contribution in [2.75, 3.05) is 13.7 Å². The van der Waals surface area contributed by atoms with Crippen molar-refractivity contribution in [1.82, 2.24) is 24.1 Å². The Morgan fingerprint density at radius 2 is 1.96 bits per heavy atom. The molecule has 0 saturated heterocycles. The molecule has 0 aliphatic carbocycles. The summed E-state index contributed by atoms with van der Waals surface area (Å²) in [5.41, 5.74) is 8.37. The number of hydrogen-bond acceptors (Lipinski definition) is 8. The van der Waals surface area contributed by atoms with Crippen LogP contribution in [0.25, 0.3) is 22.3 Å². The van der Waals surface area contributed by atoms with Gasteiger partial charge < -0.3 is 23.3 Å². The molecule has 0 radical (unpaired) electrons. The molecule has 10 heteroatoms. The molecule has 4 heterocycles. The van der Waals surface area contributed by atoms with E-state index >= 15 is 0 Å². The van der Waals surface area contributed by atoms with Crippen LogP contribution < -0.4 is 14.2 Å². The SMILES string of the molecule is CCn1cncc1Cn1c(Cc2ccc3cc2OCCCc2cc(C#N)ccc2COc2cccc-3n2)nc2c(OC)cc(C=O)cc21. The van der Waals surface area contributed by atoms with Gasteiger partial charge in [-0.3, -0.25) is 4.79 Å². The van der Waals surface area contributed by atoms with E-state index in [1.54, 1.807) is 13.2 Å². The minimum Gasteiger partial charge on any atom is -0.494 e. The molecule has 1 aliphatic heterocycles. The van der Waals surface area contributed by atoms with Gasteiger partial charge in [0.1, 0.15) is 35.7 Å². The number of aryl methyl sites for hydroxylation is 2. The van der Waals surface area contributed by atoms with E-state index < -0.39 is 0 Å². The Labute approximate surface area is 278 Å². The van der Waals surface area contributed by atoms with Crippen LogP contribution in [0.3, 0.4) is 0 Å². The summed E-state index contributed by atoms with van der Waals surface area (Å²) in [6, 6.07) is 23.4. The summed E-state index contributed by atoms with van der Waals surface area (Å²) < 4.78 is 22.6. The number of nitriles is 1. The van der Waals surface area contributed by atoms with Crippen LogP contribution in [0.5, 0.6) is 17.4 Å². The molecule has 3 aromatic heterocycles. The number of benzene rings is 3. The zero-order valence-corrected chi connectivity index (χ0v) is 26.8. The minimum absolute atomic E-state index is 0.363. The lowest BCUT2D eigenvalue weighted by atomic mass is 10.0. The Balaban J connectivity index is 1.30. The number of carbonyl (C=O) groups is 1. The van der Waals surface area contributed by atoms with E-state index in [0.29, 0.717) is 54.5 Å². The molecule has 0 N–H and O–H groups in total. The second kappa shape index (κ2) is 13.4. The number of imidazole rings is 2. The highest BCUT2D eigenvalue weighted by molar-refractivity contribution is 5.90. The van der Waals surface area contributed by atoms with E-state index in [1.807, 2.05) is 67.1 Å². The number of carbonyl (C=O) groups excluding carboxylic acids is 1. The average Bonchev–Trinajstić information content (AvgIpc) is 3.73. The topological polar surface area (TPSA) is 117 Å². The Kier molecular flexibility index (Phi) is 8.58. The van der Waals surface area contributed by atoms with Crippen LogP contribution in [0, 0.1) is 11.3 Å². The average molecular weight is 639 g/mol. The van der Waals surface area contributed by atoms with Gasteiger partial charge in [0.05, 0.1) is 55.1 Å². The molecule has 6 aromatic rings. The van der Waals surface area contributed by atoms with Crippen LogP contribution in [0.4, 0.5) is 0 Å². The number of hydrogen-bond donors (Lipinski definition) is 0. The number of nitrogens with zero attached hydrogens (tertiary/aromatic N) is 6. The highest BCUT2D eigenvalue weighted by Gasteiger charge is 2.20. The lowest BCUT2D eigenvalue weighted by Gasteiger charge is -2.17. The minimum atomic E-state index is 0.363. The summed E-state index contributed by atoms with van der Waals surface area (Å²) in [5.74, 6) is 2.60. The van der Waals surface area contributed by atoms with Gasteiger partial charge in [0.15, 0.2) is 0 Å². The van der Waals surface area contributed by atoms with Crippen LogP contribution in [0.1, 0.15) is 57.5 Å². The van der Waals surface area contributed by atoms with Crippen LogP contribution >= 0.6 is 0 Å². The molecule has 48 heavy (non-hydrogen) atoms. The first-order valence-corrected chi connectivity index (χ1v) is 16.0. The zero-order valence-electron chi connectivity index (χ0n) is 26.8. The van der Waals surface area contributed by atoms with E-state index in [4.69, 9.17) is 24.2 Å². The van der Waals surface area contributed by atoms with Crippen molar-refractivity contribution in [3.05, 3.63) is 119 Å². The number of aromatic nitrogens is 5. The summed E-state index contributed by atoms with van der Waals surface area (Å²) >= 11 is 0. The van der Waals surface area contributed by atoms with E-state index in [0.717, 1.165) is 76.4 Å². The first-order chi connectivity index (χ1) is 23.6. The highest BCUT2D eigenvalue weighted by atomic mass is 16.5. The number of aldehydes is 1. The van der Waals surface area contributed by atoms with E-state index in [9.17, 15) is 10.1 Å². The largest absolute Gasteiger partial charge is 0.494 e. The number of pyridine rings is 1. The van der Waals surface area contributed by atoms with Gasteiger partial charge >= 0.3 is 0 Å². The Bertz CT molecular complexity index is 2180. The third-order valence-electron chi connectivity index (χ3n) is 8.73. The zero-order chi connectivity index (χ0) is 33.0. The predicted octanol–water partition coefficient (Wildman–Crippen LogP) is 6.55. The fourth-order valence-corrected chi connectivity index (χ4v) is 6.21. The summed E-state index contributed by atoms with van der Waals surface area (Å²) in [6.07, 6.45) is 6.46. The second-order valence-corrected chi connectivity index (χ2v) is 11.7. The van der Waals surface area contributed by atoms with Crippen LogP contribution in [-0.2, 0) is 32.5 Å². The second-order valence-electron chi connectivity index (χ2n) is 11.7. The number of methoxy groups -OCH3 is 1. The van der Waals surface area contributed by atoms with Crippen molar-refractivity contribution in [2.24, 2.45) is 0 Å². The maximum atomic E-state index is 11.9. The lowest BCUT2D eigenvalue weighted by Crippen LogP contribution is -2.11. The summed E-state index contributed by atoms with van der Waals surface area (Å²) in [5, 5.41) is 9.51. The summed E-state index contributed by atoms with van der Waals surface area (Å²) in [4.78, 5) is 26.1. The van der Waals surface area contributed by atoms with E-state index in [-0.39, 0.29) is 0 Å².